The van der Waals surface area contributed by atoms with Crippen molar-refractivity contribution in [1.29, 1.82) is 0 Å². The molecule has 1 aromatic carbocycles. The van der Waals surface area contributed by atoms with E-state index < -0.39 is 11.0 Å². The first-order valence-electron chi connectivity index (χ1n) is 4.73. The lowest BCUT2D eigenvalue weighted by atomic mass is 10.3. The third kappa shape index (κ3) is 3.49. The molecule has 0 spiro atoms. The van der Waals surface area contributed by atoms with Gasteiger partial charge >= 0.3 is 6.03 Å². The fraction of sp³-hybridized carbons (Fsp3) is 0.100. The van der Waals surface area contributed by atoms with Crippen LogP contribution >= 0.6 is 0 Å². The lowest BCUT2D eigenvalue weighted by Gasteiger charge is -2.22. The van der Waals surface area contributed by atoms with E-state index in [1.54, 1.807) is 6.08 Å². The van der Waals surface area contributed by atoms with Crippen LogP contribution in [0.1, 0.15) is 0 Å². The Morgan fingerprint density at radius 2 is 2.12 bits per heavy atom. The summed E-state index contributed by atoms with van der Waals surface area (Å²) in [5.41, 5.74) is 7.94. The van der Waals surface area contributed by atoms with Crippen molar-refractivity contribution in [2.24, 2.45) is 5.73 Å². The predicted molar refractivity (Wildman–Crippen MR) is 63.4 cm³/mol. The van der Waals surface area contributed by atoms with E-state index in [-0.39, 0.29) is 5.69 Å². The molecule has 0 fully saturated rings. The lowest BCUT2D eigenvalue weighted by Crippen LogP contribution is -2.45. The van der Waals surface area contributed by atoms with Crippen molar-refractivity contribution in [1.82, 2.24) is 5.43 Å². The normalized spacial score (nSPS) is 9.41. The molecule has 1 rings (SSSR count). The first-order chi connectivity index (χ1) is 8.04. The molecule has 3 N–H and O–H groups in total. The topological polar surface area (TPSA) is 102 Å². The number of hydrazine groups is 1. The van der Waals surface area contributed by atoms with Crippen LogP contribution in [0.5, 0.6) is 0 Å². The summed E-state index contributed by atoms with van der Waals surface area (Å²) in [5.74, 6) is 0. The van der Waals surface area contributed by atoms with Crippen LogP contribution in [-0.4, -0.2) is 17.5 Å². The van der Waals surface area contributed by atoms with Crippen molar-refractivity contribution < 1.29 is 9.72 Å². The number of amides is 2. The molecule has 0 radical (unpaired) electrons. The summed E-state index contributed by atoms with van der Waals surface area (Å²) >= 11 is 0. The van der Waals surface area contributed by atoms with Gasteiger partial charge < -0.3 is 5.73 Å². The third-order valence-corrected chi connectivity index (χ3v) is 1.93. The van der Waals surface area contributed by atoms with Gasteiger partial charge in [0.1, 0.15) is 0 Å². The minimum absolute atomic E-state index is 0.0219. The highest BCUT2D eigenvalue weighted by molar-refractivity contribution is 5.74. The molecule has 17 heavy (non-hydrogen) atoms. The van der Waals surface area contributed by atoms with Crippen LogP contribution < -0.4 is 16.2 Å². The van der Waals surface area contributed by atoms with Crippen molar-refractivity contribution in [2.75, 3.05) is 11.6 Å². The number of nitrogens with zero attached hydrogens (tertiary/aromatic N) is 2. The number of nitrogens with one attached hydrogen (secondary N) is 1. The van der Waals surface area contributed by atoms with Crippen LogP contribution in [0.25, 0.3) is 0 Å². The zero-order chi connectivity index (χ0) is 12.8. The molecule has 0 aliphatic carbocycles. The molecule has 0 saturated carbocycles. The number of carbonyl (C=O) groups is 1. The van der Waals surface area contributed by atoms with Crippen LogP contribution in [0.4, 0.5) is 16.2 Å². The number of nitro benzene ring substituents is 1. The average Bonchev–Trinajstić information content (AvgIpc) is 2.28. The van der Waals surface area contributed by atoms with E-state index in [9.17, 15) is 14.9 Å². The maximum atomic E-state index is 10.8. The Kier molecular flexibility index (Phi) is 4.04. The van der Waals surface area contributed by atoms with Gasteiger partial charge in [0.2, 0.25) is 0 Å². The molecule has 1 aromatic rings. The van der Waals surface area contributed by atoms with Crippen LogP contribution in [0.15, 0.2) is 36.9 Å². The molecule has 0 unspecified atom stereocenters. The first kappa shape index (κ1) is 12.5. The molecule has 90 valence electrons. The molecule has 2 amide bonds. The monoisotopic (exact) mass is 236 g/mol. The number of benzene rings is 1. The number of primary amides is 1. The standard InChI is InChI=1S/C10H12N4O3/c1-2-7-13(12-10(11)15)8-3-5-9(6-4-8)14(16)17/h2-6H,1,7H2,(H3,11,12,15). The van der Waals surface area contributed by atoms with E-state index in [4.69, 9.17) is 5.73 Å². The van der Waals surface area contributed by atoms with Gasteiger partial charge in [-0.05, 0) is 12.1 Å². The summed E-state index contributed by atoms with van der Waals surface area (Å²) in [6.07, 6.45) is 1.57. The molecular weight excluding hydrogens is 224 g/mol. The van der Waals surface area contributed by atoms with Gasteiger partial charge in [0.25, 0.3) is 5.69 Å². The van der Waals surface area contributed by atoms with E-state index in [2.05, 4.69) is 12.0 Å². The molecule has 0 aliphatic heterocycles. The van der Waals surface area contributed by atoms with Crippen molar-refractivity contribution >= 4 is 17.4 Å². The Hall–Kier alpha value is -2.57. The maximum Gasteiger partial charge on any atom is 0.330 e. The summed E-state index contributed by atoms with van der Waals surface area (Å²) in [5, 5.41) is 11.9. The van der Waals surface area contributed by atoms with Crippen molar-refractivity contribution in [2.45, 2.75) is 0 Å². The maximum absolute atomic E-state index is 10.8. The van der Waals surface area contributed by atoms with Crippen LogP contribution in [-0.2, 0) is 0 Å². The van der Waals surface area contributed by atoms with Crippen molar-refractivity contribution in [3.63, 3.8) is 0 Å². The third-order valence-electron chi connectivity index (χ3n) is 1.93. The highest BCUT2D eigenvalue weighted by Crippen LogP contribution is 2.17. The SMILES string of the molecule is C=CCN(NC(N)=O)c1ccc([N+](=O)[O-])cc1. The van der Waals surface area contributed by atoms with Gasteiger partial charge in [-0.2, -0.15) is 0 Å². The second-order valence-corrected chi connectivity index (χ2v) is 3.15. The molecular formula is C10H12N4O3. The highest BCUT2D eigenvalue weighted by atomic mass is 16.6. The number of nitrogens with two attached hydrogens (primary N) is 1. The molecule has 0 saturated heterocycles. The lowest BCUT2D eigenvalue weighted by molar-refractivity contribution is -0.384. The Balaban J connectivity index is 2.90. The predicted octanol–water partition coefficient (Wildman–Crippen LogP) is 1.17. The summed E-state index contributed by atoms with van der Waals surface area (Å²) in [7, 11) is 0. The van der Waals surface area contributed by atoms with Gasteiger partial charge in [0.15, 0.2) is 0 Å². The summed E-state index contributed by atoms with van der Waals surface area (Å²) < 4.78 is 0. The quantitative estimate of drug-likeness (QED) is 0.455. The number of hydrogen-bond donors (Lipinski definition) is 2. The minimum atomic E-state index is -0.717. The molecule has 0 bridgehead atoms. The number of urea groups is 1. The number of anilines is 1. The minimum Gasteiger partial charge on any atom is -0.350 e. The number of non-ortho nitro benzene ring substituents is 1. The Bertz CT molecular complexity index is 430. The Morgan fingerprint density at radius 1 is 1.53 bits per heavy atom. The molecule has 7 nitrogen and oxygen atoms in total. The first-order valence-corrected chi connectivity index (χ1v) is 4.73. The number of hydrogen-bond acceptors (Lipinski definition) is 4. The second kappa shape index (κ2) is 5.50. The van der Waals surface area contributed by atoms with Crippen molar-refractivity contribution in [3.8, 4) is 0 Å². The number of nitro groups is 1. The molecule has 7 heteroatoms. The average molecular weight is 236 g/mol. The van der Waals surface area contributed by atoms with Crippen LogP contribution in [0.2, 0.25) is 0 Å². The van der Waals surface area contributed by atoms with Crippen molar-refractivity contribution in [3.05, 3.63) is 47.0 Å². The Morgan fingerprint density at radius 3 is 2.53 bits per heavy atom. The van der Waals surface area contributed by atoms with Crippen LogP contribution in [0, 0.1) is 10.1 Å². The molecule has 0 atom stereocenters. The van der Waals surface area contributed by atoms with Gasteiger partial charge in [0.05, 0.1) is 17.2 Å². The zero-order valence-corrected chi connectivity index (χ0v) is 9.00. The van der Waals surface area contributed by atoms with E-state index in [1.165, 1.54) is 29.3 Å². The molecule has 0 aromatic heterocycles. The summed E-state index contributed by atoms with van der Waals surface area (Å²) in [6, 6.07) is 4.99. The second-order valence-electron chi connectivity index (χ2n) is 3.15. The van der Waals surface area contributed by atoms with Gasteiger partial charge in [0, 0.05) is 12.1 Å². The fourth-order valence-electron chi connectivity index (χ4n) is 1.23. The molecule has 0 heterocycles. The van der Waals surface area contributed by atoms with E-state index in [0.29, 0.717) is 12.2 Å². The number of rotatable bonds is 5. The smallest absolute Gasteiger partial charge is 0.330 e. The van der Waals surface area contributed by atoms with Gasteiger partial charge in [-0.15, -0.1) is 6.58 Å². The van der Waals surface area contributed by atoms with E-state index in [0.717, 1.165) is 0 Å². The fourth-order valence-corrected chi connectivity index (χ4v) is 1.23. The van der Waals surface area contributed by atoms with Gasteiger partial charge in [-0.3, -0.25) is 15.1 Å². The zero-order valence-electron chi connectivity index (χ0n) is 9.00. The van der Waals surface area contributed by atoms with E-state index >= 15 is 0 Å². The van der Waals surface area contributed by atoms with Gasteiger partial charge in [-0.1, -0.05) is 6.08 Å². The summed E-state index contributed by atoms with van der Waals surface area (Å²) in [6.45, 7) is 3.87. The van der Waals surface area contributed by atoms with Crippen LogP contribution in [0.3, 0.4) is 0 Å². The highest BCUT2D eigenvalue weighted by Gasteiger charge is 2.09. The number of carbonyl (C=O) groups excluding carboxylic acids is 1. The summed E-state index contributed by atoms with van der Waals surface area (Å²) in [4.78, 5) is 20.7. The molecule has 0 aliphatic rings. The Labute approximate surface area is 97.6 Å². The largest absolute Gasteiger partial charge is 0.350 e. The van der Waals surface area contributed by atoms with E-state index in [1.807, 2.05) is 0 Å². The van der Waals surface area contributed by atoms with Gasteiger partial charge in [-0.25, -0.2) is 10.2 Å².